The van der Waals surface area contributed by atoms with Gasteiger partial charge in [-0.3, -0.25) is 37.3 Å². The van der Waals surface area contributed by atoms with E-state index in [1.165, 1.54) is 218 Å². The summed E-state index contributed by atoms with van der Waals surface area (Å²) in [7, 11) is -9.92. The Hall–Kier alpha value is -1.94. The molecule has 5 unspecified atom stereocenters. The minimum absolute atomic E-state index is 0.105. The number of ether oxygens (including phenoxy) is 4. The second-order valence-corrected chi connectivity index (χ2v) is 32.1. The van der Waals surface area contributed by atoms with Gasteiger partial charge in [0.1, 0.15) is 19.3 Å². The van der Waals surface area contributed by atoms with Crippen LogP contribution in [0.4, 0.5) is 0 Å². The Bertz CT molecular complexity index is 1910. The first kappa shape index (κ1) is 96.1. The van der Waals surface area contributed by atoms with Gasteiger partial charge in [0.2, 0.25) is 0 Å². The van der Waals surface area contributed by atoms with Gasteiger partial charge in [-0.2, -0.15) is 0 Å². The lowest BCUT2D eigenvalue weighted by Crippen LogP contribution is -2.30. The number of rotatable bonds is 77. The Morgan fingerprint density at radius 2 is 0.490 bits per heavy atom. The third kappa shape index (κ3) is 68.5. The van der Waals surface area contributed by atoms with E-state index < -0.39 is 97.5 Å². The van der Waals surface area contributed by atoms with Gasteiger partial charge in [-0.1, -0.05) is 357 Å². The summed E-state index contributed by atoms with van der Waals surface area (Å²) in [4.78, 5) is 72.9. The standard InChI is InChI=1S/C79H154O17P2/c1-8-12-13-14-15-16-31-39-46-53-60-76(81)89-67-75(96-79(84)63-56-49-42-35-34-38-45-52-59-72(7)11-4)69-94-98(87,88)92-65-73(80)64-91-97(85,86)93-68-74(95-78(83)62-55-48-41-33-28-24-20-18-22-26-30-37-44-51-58-71(6)10-3)66-90-77(82)61-54-47-40-32-27-23-19-17-21-25-29-36-43-50-57-70(5)9-2/h70-75,80H,8-69H2,1-7H3,(H,85,86)(H,87,88)/t70?,71?,72?,73-,74-,75-/m1/s1. The van der Waals surface area contributed by atoms with Crippen molar-refractivity contribution in [2.45, 2.75) is 426 Å². The maximum atomic E-state index is 13.1. The summed E-state index contributed by atoms with van der Waals surface area (Å²) in [5.74, 6) is 0.351. The average Bonchev–Trinajstić information content (AvgIpc) is 1.13. The maximum absolute atomic E-state index is 13.1. The Labute approximate surface area is 600 Å². The van der Waals surface area contributed by atoms with Crippen LogP contribution in [0.15, 0.2) is 0 Å². The van der Waals surface area contributed by atoms with Crippen molar-refractivity contribution >= 4 is 39.5 Å². The van der Waals surface area contributed by atoms with Crippen LogP contribution in [0.3, 0.4) is 0 Å². The fourth-order valence-corrected chi connectivity index (χ4v) is 13.6. The molecule has 0 bridgehead atoms. The van der Waals surface area contributed by atoms with E-state index in [9.17, 15) is 43.2 Å². The van der Waals surface area contributed by atoms with Gasteiger partial charge in [0, 0.05) is 25.7 Å². The number of phosphoric acid groups is 2. The SMILES string of the molecule is CCCCCCCCCCCCC(=O)OC[C@H](COP(=O)(O)OC[C@H](O)COP(=O)(O)OC[C@@H](COC(=O)CCCCCCCCCCCCCCCCC(C)CC)OC(=O)CCCCCCCCCCCCCCCCC(C)CC)OC(=O)CCCCCCCCCCC(C)CC. The zero-order chi connectivity index (χ0) is 72.3. The van der Waals surface area contributed by atoms with E-state index in [4.69, 9.17) is 37.0 Å². The summed E-state index contributed by atoms with van der Waals surface area (Å²) in [6.07, 6.45) is 56.6. The predicted octanol–water partition coefficient (Wildman–Crippen LogP) is 23.4. The Morgan fingerprint density at radius 3 is 0.724 bits per heavy atom. The number of hydrogen-bond acceptors (Lipinski definition) is 15. The van der Waals surface area contributed by atoms with Crippen molar-refractivity contribution in [1.29, 1.82) is 0 Å². The molecule has 582 valence electrons. The van der Waals surface area contributed by atoms with Gasteiger partial charge in [-0.15, -0.1) is 0 Å². The Kier molecular flexibility index (Phi) is 68.1. The smallest absolute Gasteiger partial charge is 0.462 e. The molecule has 0 aromatic heterocycles. The van der Waals surface area contributed by atoms with Gasteiger partial charge in [0.15, 0.2) is 12.2 Å². The second-order valence-electron chi connectivity index (χ2n) is 29.2. The number of carbonyl (C=O) groups is 4. The molecule has 0 fully saturated rings. The topological polar surface area (TPSA) is 237 Å². The molecule has 0 aliphatic rings. The van der Waals surface area contributed by atoms with Gasteiger partial charge in [-0.25, -0.2) is 9.13 Å². The first-order chi connectivity index (χ1) is 47.3. The van der Waals surface area contributed by atoms with Gasteiger partial charge < -0.3 is 33.8 Å². The van der Waals surface area contributed by atoms with Gasteiger partial charge in [-0.05, 0) is 43.4 Å². The van der Waals surface area contributed by atoms with Gasteiger partial charge in [0.05, 0.1) is 26.4 Å². The van der Waals surface area contributed by atoms with E-state index in [2.05, 4.69) is 48.5 Å². The Balaban J connectivity index is 5.24. The van der Waals surface area contributed by atoms with Crippen molar-refractivity contribution in [3.05, 3.63) is 0 Å². The minimum Gasteiger partial charge on any atom is -0.462 e. The van der Waals surface area contributed by atoms with E-state index in [-0.39, 0.29) is 25.7 Å². The summed E-state index contributed by atoms with van der Waals surface area (Å²) in [6.45, 7) is 12.0. The van der Waals surface area contributed by atoms with E-state index in [1.54, 1.807) is 0 Å². The maximum Gasteiger partial charge on any atom is 0.472 e. The highest BCUT2D eigenvalue weighted by Crippen LogP contribution is 2.45. The molecular weight excluding hydrogens is 1280 g/mol. The van der Waals surface area contributed by atoms with E-state index in [0.29, 0.717) is 25.7 Å². The Morgan fingerprint density at radius 1 is 0.286 bits per heavy atom. The van der Waals surface area contributed by atoms with Gasteiger partial charge >= 0.3 is 39.5 Å². The predicted molar refractivity (Wildman–Crippen MR) is 400 cm³/mol. The number of esters is 4. The summed E-state index contributed by atoms with van der Waals surface area (Å²) in [5, 5.41) is 10.6. The molecule has 0 aliphatic heterocycles. The average molecular weight is 1440 g/mol. The second kappa shape index (κ2) is 69.4. The first-order valence-corrected chi connectivity index (χ1v) is 44.0. The van der Waals surface area contributed by atoms with Crippen LogP contribution >= 0.6 is 15.6 Å². The lowest BCUT2D eigenvalue weighted by atomic mass is 9.99. The third-order valence-electron chi connectivity index (χ3n) is 19.5. The van der Waals surface area contributed by atoms with Crippen LogP contribution in [0.5, 0.6) is 0 Å². The van der Waals surface area contributed by atoms with Crippen molar-refractivity contribution in [3.8, 4) is 0 Å². The van der Waals surface area contributed by atoms with Crippen molar-refractivity contribution in [2.24, 2.45) is 17.8 Å². The lowest BCUT2D eigenvalue weighted by molar-refractivity contribution is -0.161. The molecule has 0 saturated heterocycles. The number of unbranched alkanes of at least 4 members (excludes halogenated alkanes) is 42. The largest absolute Gasteiger partial charge is 0.472 e. The summed E-state index contributed by atoms with van der Waals surface area (Å²) < 4.78 is 68.6. The summed E-state index contributed by atoms with van der Waals surface area (Å²) >= 11 is 0. The molecule has 0 aliphatic carbocycles. The molecule has 19 heteroatoms. The number of aliphatic hydroxyl groups excluding tert-OH is 1. The molecule has 3 N–H and O–H groups in total. The van der Waals surface area contributed by atoms with E-state index in [0.717, 1.165) is 108 Å². The zero-order valence-corrected chi connectivity index (χ0v) is 66.0. The minimum atomic E-state index is -4.96. The molecule has 0 heterocycles. The van der Waals surface area contributed by atoms with Crippen molar-refractivity contribution < 1.29 is 80.2 Å². The monoisotopic (exact) mass is 1440 g/mol. The lowest BCUT2D eigenvalue weighted by Gasteiger charge is -2.21. The summed E-state index contributed by atoms with van der Waals surface area (Å²) in [5.41, 5.74) is 0. The quantitative estimate of drug-likeness (QED) is 0.0222. The molecule has 98 heavy (non-hydrogen) atoms. The number of aliphatic hydroxyl groups is 1. The molecule has 0 aromatic rings. The first-order valence-electron chi connectivity index (χ1n) is 41.0. The number of carbonyl (C=O) groups excluding carboxylic acids is 4. The molecule has 8 atom stereocenters. The van der Waals surface area contributed by atoms with Crippen molar-refractivity contribution in [2.75, 3.05) is 39.6 Å². The van der Waals surface area contributed by atoms with Crippen LogP contribution in [0, 0.1) is 17.8 Å². The fourth-order valence-electron chi connectivity index (χ4n) is 12.0. The number of hydrogen-bond donors (Lipinski definition) is 3. The van der Waals surface area contributed by atoms with Crippen LogP contribution in [0.2, 0.25) is 0 Å². The molecule has 0 spiro atoms. The zero-order valence-electron chi connectivity index (χ0n) is 64.3. The number of phosphoric ester groups is 2. The van der Waals surface area contributed by atoms with E-state index >= 15 is 0 Å². The summed E-state index contributed by atoms with van der Waals surface area (Å²) in [6, 6.07) is 0. The van der Waals surface area contributed by atoms with Gasteiger partial charge in [0.25, 0.3) is 0 Å². The molecule has 0 radical (unpaired) electrons. The molecule has 17 nitrogen and oxygen atoms in total. The molecule has 0 amide bonds. The highest BCUT2D eigenvalue weighted by Gasteiger charge is 2.30. The van der Waals surface area contributed by atoms with Crippen molar-refractivity contribution in [1.82, 2.24) is 0 Å². The van der Waals surface area contributed by atoms with E-state index in [1.807, 2.05) is 0 Å². The molecule has 0 rings (SSSR count). The van der Waals surface area contributed by atoms with Crippen molar-refractivity contribution in [3.63, 3.8) is 0 Å². The molecule has 0 saturated carbocycles. The third-order valence-corrected chi connectivity index (χ3v) is 21.4. The highest BCUT2D eigenvalue weighted by molar-refractivity contribution is 7.47. The van der Waals surface area contributed by atoms with Crippen LogP contribution in [0.1, 0.15) is 408 Å². The normalized spacial score (nSPS) is 14.8. The fraction of sp³-hybridized carbons (Fsp3) is 0.949. The van der Waals surface area contributed by atoms with Crippen LogP contribution in [-0.2, 0) is 65.4 Å². The van der Waals surface area contributed by atoms with Crippen LogP contribution < -0.4 is 0 Å². The molecular formula is C79H154O17P2. The molecule has 0 aromatic carbocycles. The van der Waals surface area contributed by atoms with Crippen LogP contribution in [0.25, 0.3) is 0 Å². The highest BCUT2D eigenvalue weighted by atomic mass is 31.2. The van der Waals surface area contributed by atoms with Crippen LogP contribution in [-0.4, -0.2) is 96.7 Å².